The number of nitro benzene ring substituents is 1. The number of hydrogen-bond donors (Lipinski definition) is 1. The normalized spacial score (nSPS) is 10.3. The number of ether oxygens (including phenoxy) is 1. The number of nitrogens with zero attached hydrogens (tertiary/aromatic N) is 2. The minimum absolute atomic E-state index is 0.000438. The Morgan fingerprint density at radius 1 is 0.969 bits per heavy atom. The lowest BCUT2D eigenvalue weighted by Crippen LogP contribution is -2.30. The molecule has 8 heteroatoms. The van der Waals surface area contributed by atoms with Gasteiger partial charge in [0.25, 0.3) is 11.6 Å². The maximum Gasteiger partial charge on any atom is 0.338 e. The van der Waals surface area contributed by atoms with E-state index < -0.39 is 17.5 Å². The number of nitro groups is 1. The van der Waals surface area contributed by atoms with Crippen LogP contribution in [-0.4, -0.2) is 35.4 Å². The number of hydrogen-bond acceptors (Lipinski definition) is 6. The summed E-state index contributed by atoms with van der Waals surface area (Å²) in [5.41, 5.74) is 1.95. The number of carbonyl (C=O) groups excluding carboxylic acids is 2. The second kappa shape index (κ2) is 10.7. The summed E-state index contributed by atoms with van der Waals surface area (Å²) < 4.78 is 5.08. The molecule has 0 aliphatic rings. The third-order valence-corrected chi connectivity index (χ3v) is 4.77. The van der Waals surface area contributed by atoms with Crippen molar-refractivity contribution in [1.82, 2.24) is 4.90 Å². The first-order valence-corrected chi connectivity index (χ1v) is 9.95. The Morgan fingerprint density at radius 3 is 2.22 bits per heavy atom. The summed E-state index contributed by atoms with van der Waals surface area (Å²) >= 11 is 0. The minimum Gasteiger partial charge on any atom is -0.452 e. The quantitative estimate of drug-likeness (QED) is 0.311. The molecule has 32 heavy (non-hydrogen) atoms. The lowest BCUT2D eigenvalue weighted by atomic mass is 10.1. The Morgan fingerprint density at radius 2 is 1.59 bits per heavy atom. The molecule has 1 amide bonds. The zero-order chi connectivity index (χ0) is 22.9. The summed E-state index contributed by atoms with van der Waals surface area (Å²) in [6.07, 6.45) is 0. The maximum atomic E-state index is 12.4. The van der Waals surface area contributed by atoms with Crippen LogP contribution in [0.25, 0.3) is 0 Å². The fourth-order valence-electron chi connectivity index (χ4n) is 3.02. The zero-order valence-electron chi connectivity index (χ0n) is 17.6. The maximum absolute atomic E-state index is 12.4. The van der Waals surface area contributed by atoms with Crippen LogP contribution in [0.15, 0.2) is 78.9 Å². The lowest BCUT2D eigenvalue weighted by molar-refractivity contribution is -0.384. The van der Waals surface area contributed by atoms with E-state index in [1.165, 1.54) is 17.0 Å². The van der Waals surface area contributed by atoms with E-state index in [4.69, 9.17) is 4.74 Å². The monoisotopic (exact) mass is 433 g/mol. The summed E-state index contributed by atoms with van der Waals surface area (Å²) in [6.45, 7) is 0.322. The van der Waals surface area contributed by atoms with Gasteiger partial charge in [-0.15, -0.1) is 0 Å². The second-order valence-corrected chi connectivity index (χ2v) is 7.14. The Labute approximate surface area is 185 Å². The van der Waals surface area contributed by atoms with Gasteiger partial charge in [-0.2, -0.15) is 0 Å². The van der Waals surface area contributed by atoms with Gasteiger partial charge >= 0.3 is 5.97 Å². The highest BCUT2D eigenvalue weighted by molar-refractivity contribution is 5.93. The average molecular weight is 433 g/mol. The van der Waals surface area contributed by atoms with E-state index in [1.54, 1.807) is 7.05 Å². The Bertz CT molecular complexity index is 1090. The minimum atomic E-state index is -0.802. The molecule has 0 spiro atoms. The van der Waals surface area contributed by atoms with Gasteiger partial charge in [-0.1, -0.05) is 60.7 Å². The van der Waals surface area contributed by atoms with Crippen LogP contribution >= 0.6 is 0 Å². The fraction of sp³-hybridized carbons (Fsp3) is 0.167. The molecule has 0 unspecified atom stereocenters. The Hall–Kier alpha value is -4.20. The van der Waals surface area contributed by atoms with Crippen LogP contribution in [0.2, 0.25) is 0 Å². The number of carbonyl (C=O) groups is 2. The molecule has 0 bridgehead atoms. The highest BCUT2D eigenvalue weighted by Crippen LogP contribution is 2.26. The number of rotatable bonds is 9. The summed E-state index contributed by atoms with van der Waals surface area (Å²) in [5.74, 6) is -1.18. The number of anilines is 1. The largest absolute Gasteiger partial charge is 0.452 e. The SMILES string of the molecule is CN(Cc1ccccc1)C(=O)COC(=O)c1ccc(NCc2ccccc2)c([N+](=O)[O-])c1. The van der Waals surface area contributed by atoms with Crippen LogP contribution in [0.4, 0.5) is 11.4 Å². The van der Waals surface area contributed by atoms with Gasteiger partial charge in [0.05, 0.1) is 10.5 Å². The molecule has 0 heterocycles. The van der Waals surface area contributed by atoms with E-state index >= 15 is 0 Å². The van der Waals surface area contributed by atoms with Crippen LogP contribution in [-0.2, 0) is 22.6 Å². The van der Waals surface area contributed by atoms with Crippen molar-refractivity contribution >= 4 is 23.3 Å². The first kappa shape index (κ1) is 22.5. The van der Waals surface area contributed by atoms with Gasteiger partial charge in [0, 0.05) is 26.2 Å². The van der Waals surface area contributed by atoms with Gasteiger partial charge in [-0.25, -0.2) is 4.79 Å². The number of likely N-dealkylation sites (N-methyl/N-ethyl adjacent to an activating group) is 1. The molecule has 3 aromatic rings. The van der Waals surface area contributed by atoms with Crippen LogP contribution in [0, 0.1) is 10.1 Å². The molecule has 8 nitrogen and oxygen atoms in total. The summed E-state index contributed by atoms with van der Waals surface area (Å²) in [4.78, 5) is 37.0. The van der Waals surface area contributed by atoms with E-state index in [0.717, 1.165) is 17.2 Å². The fourth-order valence-corrected chi connectivity index (χ4v) is 3.02. The van der Waals surface area contributed by atoms with Crippen LogP contribution in [0.3, 0.4) is 0 Å². The van der Waals surface area contributed by atoms with Gasteiger partial charge < -0.3 is 15.0 Å². The average Bonchev–Trinajstić information content (AvgIpc) is 2.82. The van der Waals surface area contributed by atoms with Crippen molar-refractivity contribution in [2.75, 3.05) is 19.0 Å². The molecule has 3 aromatic carbocycles. The predicted molar refractivity (Wildman–Crippen MR) is 120 cm³/mol. The first-order chi connectivity index (χ1) is 15.4. The smallest absolute Gasteiger partial charge is 0.338 e. The van der Waals surface area contributed by atoms with Crippen molar-refractivity contribution in [3.8, 4) is 0 Å². The molecule has 0 aliphatic heterocycles. The molecule has 164 valence electrons. The van der Waals surface area contributed by atoms with Crippen molar-refractivity contribution in [2.45, 2.75) is 13.1 Å². The number of esters is 1. The number of nitrogens with one attached hydrogen (secondary N) is 1. The van der Waals surface area contributed by atoms with Crippen LogP contribution in [0.1, 0.15) is 21.5 Å². The van der Waals surface area contributed by atoms with Gasteiger partial charge in [0.2, 0.25) is 0 Å². The molecular formula is C24H23N3O5. The summed E-state index contributed by atoms with van der Waals surface area (Å²) in [5, 5.41) is 14.5. The molecule has 0 aromatic heterocycles. The van der Waals surface area contributed by atoms with Crippen molar-refractivity contribution in [1.29, 1.82) is 0 Å². The molecule has 1 N–H and O–H groups in total. The first-order valence-electron chi connectivity index (χ1n) is 9.95. The highest BCUT2D eigenvalue weighted by Gasteiger charge is 2.20. The topological polar surface area (TPSA) is 102 Å². The summed E-state index contributed by atoms with van der Waals surface area (Å²) in [7, 11) is 1.61. The standard InChI is InChI=1S/C24H23N3O5/c1-26(16-19-10-6-3-7-11-19)23(28)17-32-24(29)20-12-13-21(22(14-20)27(30)31)25-15-18-8-4-2-5-9-18/h2-14,25H,15-17H2,1H3. The molecule has 3 rings (SSSR count). The molecule has 0 aliphatic carbocycles. The molecular weight excluding hydrogens is 410 g/mol. The second-order valence-electron chi connectivity index (χ2n) is 7.14. The number of amides is 1. The molecule has 0 saturated carbocycles. The highest BCUT2D eigenvalue weighted by atomic mass is 16.6. The lowest BCUT2D eigenvalue weighted by Gasteiger charge is -2.17. The molecule has 0 atom stereocenters. The molecule has 0 fully saturated rings. The van der Waals surface area contributed by atoms with Crippen molar-refractivity contribution in [3.63, 3.8) is 0 Å². The zero-order valence-corrected chi connectivity index (χ0v) is 17.6. The third kappa shape index (κ3) is 6.15. The van der Waals surface area contributed by atoms with Gasteiger partial charge in [-0.05, 0) is 23.3 Å². The van der Waals surface area contributed by atoms with Crippen molar-refractivity contribution in [2.24, 2.45) is 0 Å². The van der Waals surface area contributed by atoms with Gasteiger partial charge in [0.15, 0.2) is 6.61 Å². The summed E-state index contributed by atoms with van der Waals surface area (Å²) in [6, 6.07) is 22.9. The van der Waals surface area contributed by atoms with Gasteiger partial charge in [0.1, 0.15) is 5.69 Å². The van der Waals surface area contributed by atoms with E-state index in [-0.39, 0.29) is 22.8 Å². The van der Waals surface area contributed by atoms with Crippen LogP contribution in [0.5, 0.6) is 0 Å². The van der Waals surface area contributed by atoms with E-state index in [0.29, 0.717) is 13.1 Å². The van der Waals surface area contributed by atoms with Gasteiger partial charge in [-0.3, -0.25) is 14.9 Å². The molecule has 0 saturated heterocycles. The van der Waals surface area contributed by atoms with E-state index in [2.05, 4.69) is 5.32 Å². The predicted octanol–water partition coefficient (Wildman–Crippen LogP) is 4.02. The van der Waals surface area contributed by atoms with Crippen LogP contribution < -0.4 is 5.32 Å². The Kier molecular flexibility index (Phi) is 7.53. The third-order valence-electron chi connectivity index (χ3n) is 4.77. The van der Waals surface area contributed by atoms with E-state index in [1.807, 2.05) is 60.7 Å². The Balaban J connectivity index is 1.60. The molecule has 0 radical (unpaired) electrons. The van der Waals surface area contributed by atoms with Crippen molar-refractivity contribution < 1.29 is 19.2 Å². The number of benzene rings is 3. The van der Waals surface area contributed by atoms with Crippen molar-refractivity contribution in [3.05, 3.63) is 106 Å². The van der Waals surface area contributed by atoms with E-state index in [9.17, 15) is 19.7 Å².